The van der Waals surface area contributed by atoms with Crippen LogP contribution in [0, 0.1) is 0 Å². The Morgan fingerprint density at radius 3 is 1.73 bits per heavy atom. The van der Waals surface area contributed by atoms with Crippen LogP contribution >= 0.6 is 0 Å². The molecule has 0 aromatic heterocycles. The molecule has 0 saturated carbocycles. The number of carbonyl (C=O) groups is 2. The number of rotatable bonds is 12. The molecular weight excluding hydrogens is 447 g/mol. The van der Waals surface area contributed by atoms with E-state index in [1.807, 2.05) is 6.07 Å². The molecule has 0 fully saturated rings. The Balaban J connectivity index is 0.00000385. The van der Waals surface area contributed by atoms with E-state index in [-0.39, 0.29) is 57.1 Å². The zero-order valence-electron chi connectivity index (χ0n) is 18.7. The third-order valence-electron chi connectivity index (χ3n) is 6.17. The van der Waals surface area contributed by atoms with Crippen molar-refractivity contribution in [2.75, 3.05) is 0 Å². The molecule has 1 aliphatic rings. The number of aryl methyl sites for hydroxylation is 1. The van der Waals surface area contributed by atoms with Gasteiger partial charge in [0.15, 0.2) is 11.6 Å². The summed E-state index contributed by atoms with van der Waals surface area (Å²) in [4.78, 5) is 25.4. The van der Waals surface area contributed by atoms with Crippen molar-refractivity contribution in [3.8, 4) is 0 Å². The van der Waals surface area contributed by atoms with Gasteiger partial charge in [0, 0.05) is 22.3 Å². The van der Waals surface area contributed by atoms with Crippen molar-refractivity contribution in [1.82, 2.24) is 0 Å². The minimum absolute atomic E-state index is 0. The van der Waals surface area contributed by atoms with Gasteiger partial charge in [0.25, 0.3) is 10.1 Å². The summed E-state index contributed by atoms with van der Waals surface area (Å²) in [5.41, 5.74) is 1.83. The summed E-state index contributed by atoms with van der Waals surface area (Å²) >= 11 is 0. The molecule has 2 aromatic rings. The van der Waals surface area contributed by atoms with Gasteiger partial charge in [-0.15, -0.1) is 0 Å². The number of benzene rings is 2. The molecule has 0 aliphatic heterocycles. The van der Waals surface area contributed by atoms with Crippen molar-refractivity contribution in [3.05, 3.63) is 64.2 Å². The molecule has 33 heavy (non-hydrogen) atoms. The summed E-state index contributed by atoms with van der Waals surface area (Å²) in [6.45, 7) is 2.23. The Labute approximate surface area is 219 Å². The number of unbranched alkanes of at least 4 members (excludes halogenated alkanes) is 9. The number of carbonyl (C=O) groups excluding carboxylic acids is 2. The number of hydrogen-bond acceptors (Lipinski definition) is 4. The van der Waals surface area contributed by atoms with E-state index in [4.69, 9.17) is 0 Å². The predicted octanol–water partition coefficient (Wildman–Crippen LogP) is 5.52. The van der Waals surface area contributed by atoms with Crippen LogP contribution in [0.1, 0.15) is 109 Å². The normalized spacial score (nSPS) is 12.8. The molecule has 3 rings (SSSR count). The molecule has 0 atom stereocenters. The second-order valence-electron chi connectivity index (χ2n) is 8.65. The molecule has 0 heterocycles. The quantitative estimate of drug-likeness (QED) is 0.209. The SMILES string of the molecule is CCCCCCCCCCCCc1ccc2c(c1)C(=O)c1cc(S(=O)(=O)O)ccc1C2=O.[NaH]. The molecular formula is C26H33NaO5S. The molecule has 1 aliphatic carbocycles. The Kier molecular flexibility index (Phi) is 11.0. The van der Waals surface area contributed by atoms with Gasteiger partial charge >= 0.3 is 29.6 Å². The fourth-order valence-corrected chi connectivity index (χ4v) is 4.82. The van der Waals surface area contributed by atoms with Crippen molar-refractivity contribution in [1.29, 1.82) is 0 Å². The van der Waals surface area contributed by atoms with Gasteiger partial charge in [-0.3, -0.25) is 14.1 Å². The molecule has 7 heteroatoms. The van der Waals surface area contributed by atoms with Crippen LogP contribution in [0.5, 0.6) is 0 Å². The first kappa shape index (κ1) is 27.9. The second-order valence-corrected chi connectivity index (χ2v) is 10.1. The fourth-order valence-electron chi connectivity index (χ4n) is 4.31. The molecule has 0 radical (unpaired) electrons. The fraction of sp³-hybridized carbons (Fsp3) is 0.462. The van der Waals surface area contributed by atoms with Crippen LogP contribution < -0.4 is 0 Å². The van der Waals surface area contributed by atoms with Gasteiger partial charge < -0.3 is 0 Å². The van der Waals surface area contributed by atoms with Crippen LogP contribution in [0.3, 0.4) is 0 Å². The summed E-state index contributed by atoms with van der Waals surface area (Å²) in [5, 5.41) is 0. The van der Waals surface area contributed by atoms with Crippen molar-refractivity contribution < 1.29 is 22.6 Å². The van der Waals surface area contributed by atoms with E-state index in [1.165, 1.54) is 57.4 Å². The minimum atomic E-state index is -4.45. The number of fused-ring (bicyclic) bond motifs is 2. The van der Waals surface area contributed by atoms with Crippen LogP contribution in [-0.4, -0.2) is 54.1 Å². The Morgan fingerprint density at radius 2 is 1.15 bits per heavy atom. The van der Waals surface area contributed by atoms with Crippen molar-refractivity contribution in [3.63, 3.8) is 0 Å². The number of ketones is 2. The molecule has 2 aromatic carbocycles. The topological polar surface area (TPSA) is 88.5 Å². The molecule has 0 unspecified atom stereocenters. The molecule has 0 bridgehead atoms. The third kappa shape index (κ3) is 7.33. The van der Waals surface area contributed by atoms with Gasteiger partial charge in [0.1, 0.15) is 0 Å². The van der Waals surface area contributed by atoms with E-state index in [1.54, 1.807) is 12.1 Å². The molecule has 0 amide bonds. The van der Waals surface area contributed by atoms with Gasteiger partial charge in [-0.2, -0.15) is 8.42 Å². The second kappa shape index (κ2) is 13.0. The summed E-state index contributed by atoms with van der Waals surface area (Å²) in [5.74, 6) is -0.688. The van der Waals surface area contributed by atoms with E-state index in [9.17, 15) is 22.6 Å². The summed E-state index contributed by atoms with van der Waals surface area (Å²) in [7, 11) is -4.45. The molecule has 0 saturated heterocycles. The monoisotopic (exact) mass is 480 g/mol. The Morgan fingerprint density at radius 1 is 0.667 bits per heavy atom. The zero-order valence-corrected chi connectivity index (χ0v) is 19.5. The maximum absolute atomic E-state index is 13.0. The van der Waals surface area contributed by atoms with Crippen LogP contribution in [0.4, 0.5) is 0 Å². The molecule has 1 N–H and O–H groups in total. The van der Waals surface area contributed by atoms with Gasteiger partial charge in [-0.1, -0.05) is 76.8 Å². The Bertz CT molecular complexity index is 1090. The van der Waals surface area contributed by atoms with Crippen LogP contribution in [-0.2, 0) is 16.5 Å². The van der Waals surface area contributed by atoms with Crippen molar-refractivity contribution in [2.24, 2.45) is 0 Å². The van der Waals surface area contributed by atoms with Gasteiger partial charge in [-0.05, 0) is 42.7 Å². The van der Waals surface area contributed by atoms with E-state index in [0.29, 0.717) is 11.1 Å². The van der Waals surface area contributed by atoms with E-state index in [0.717, 1.165) is 37.0 Å². The standard InChI is InChI=1S/C26H32O5S.Na.H/c1-2-3-4-5-6-7-8-9-10-11-12-19-13-15-21-23(17-19)26(28)24-18-20(32(29,30)31)14-16-22(24)25(21)27;;/h13-18H,2-12H2,1H3,(H,29,30,31);;. The van der Waals surface area contributed by atoms with Gasteiger partial charge in [0.05, 0.1) is 4.90 Å². The van der Waals surface area contributed by atoms with Crippen molar-refractivity contribution >= 4 is 51.2 Å². The number of hydrogen-bond donors (Lipinski definition) is 1. The Hall–Kier alpha value is -1.31. The van der Waals surface area contributed by atoms with Gasteiger partial charge in [0.2, 0.25) is 0 Å². The maximum atomic E-state index is 13.0. The van der Waals surface area contributed by atoms with Crippen LogP contribution in [0.25, 0.3) is 0 Å². The van der Waals surface area contributed by atoms with E-state index < -0.39 is 10.1 Å². The summed E-state index contributed by atoms with van der Waals surface area (Å²) in [6.07, 6.45) is 13.4. The van der Waals surface area contributed by atoms with E-state index in [2.05, 4.69) is 6.92 Å². The van der Waals surface area contributed by atoms with Crippen LogP contribution in [0.2, 0.25) is 0 Å². The molecule has 5 nitrogen and oxygen atoms in total. The van der Waals surface area contributed by atoms with Crippen molar-refractivity contribution in [2.45, 2.75) is 82.4 Å². The first-order valence-electron chi connectivity index (χ1n) is 11.7. The average molecular weight is 481 g/mol. The third-order valence-corrected chi connectivity index (χ3v) is 7.02. The van der Waals surface area contributed by atoms with Gasteiger partial charge in [-0.25, -0.2) is 0 Å². The van der Waals surface area contributed by atoms with E-state index >= 15 is 0 Å². The van der Waals surface area contributed by atoms with Crippen LogP contribution in [0.15, 0.2) is 41.3 Å². The summed E-state index contributed by atoms with van der Waals surface area (Å²) in [6, 6.07) is 8.87. The summed E-state index contributed by atoms with van der Waals surface area (Å²) < 4.78 is 32.2. The zero-order chi connectivity index (χ0) is 23.1. The first-order valence-corrected chi connectivity index (χ1v) is 13.1. The molecule has 0 spiro atoms. The average Bonchev–Trinajstić information content (AvgIpc) is 2.77. The molecule has 174 valence electrons. The predicted molar refractivity (Wildman–Crippen MR) is 132 cm³/mol. The first-order chi connectivity index (χ1) is 15.3.